The van der Waals surface area contributed by atoms with Gasteiger partial charge in [-0.1, -0.05) is 0 Å². The average Bonchev–Trinajstić information content (AvgIpc) is 2.62. The number of carbonyl (C=O) groups excluding carboxylic acids is 4. The Morgan fingerprint density at radius 1 is 0.643 bits per heavy atom. The van der Waals surface area contributed by atoms with Gasteiger partial charge in [-0.05, 0) is 0 Å². The molecule has 0 unspecified atom stereocenters. The summed E-state index contributed by atoms with van der Waals surface area (Å²) in [4.78, 5) is 40.6. The molecule has 0 aromatic carbocycles. The van der Waals surface area contributed by atoms with Crippen LogP contribution in [0.3, 0.4) is 0 Å². The van der Waals surface area contributed by atoms with Gasteiger partial charge in [0.15, 0.2) is 0 Å². The van der Waals surface area contributed by atoms with Gasteiger partial charge in [-0.3, -0.25) is 9.59 Å². The van der Waals surface area contributed by atoms with E-state index in [1.165, 1.54) is 0 Å². The number of hydrogen-bond acceptors (Lipinski definition) is 14. The molecule has 0 heterocycles. The zero-order chi connectivity index (χ0) is 21.2. The van der Waals surface area contributed by atoms with Gasteiger partial charge >= 0.3 is 37.7 Å². The molecule has 160 valence electrons. The van der Waals surface area contributed by atoms with Crippen LogP contribution in [0, 0.1) is 0 Å². The van der Waals surface area contributed by atoms with Gasteiger partial charge in [0.05, 0.1) is 13.2 Å². The molecule has 15 nitrogen and oxygen atoms in total. The Morgan fingerprint density at radius 2 is 0.857 bits per heavy atom. The van der Waals surface area contributed by atoms with Crippen LogP contribution in [0.15, 0.2) is 0 Å². The van der Waals surface area contributed by atoms with Crippen LogP contribution < -0.4 is 10.2 Å². The van der Waals surface area contributed by atoms with Crippen molar-refractivity contribution in [2.24, 2.45) is 0 Å². The molecule has 0 saturated heterocycles. The quantitative estimate of drug-likeness (QED) is 0.115. The number of aliphatic hydroxyl groups is 8. The molecule has 0 aromatic rings. The molecule has 0 aliphatic rings. The second kappa shape index (κ2) is 17.1. The fourth-order valence-corrected chi connectivity index (χ4v) is 1.19. The van der Waals surface area contributed by atoms with E-state index in [1.807, 2.05) is 0 Å². The maximum atomic E-state index is 10.4. The molecule has 0 aliphatic heterocycles. The molecular formula is C12H20CaO15. The third kappa shape index (κ3) is 11.9. The standard InChI is InChI=1S/2C6H10O7.Ca.H2O/c2*7-1-2(8)3(9)4(10)5(11)6(12)13;;/h2*2-4,7-10H,1H2,(H,12,13);;1H2/q;;+2;/p-2/t2*2-,3-,4+;;/m11../s1. The minimum Gasteiger partial charge on any atom is -0.542 e. The fraction of sp³-hybridized carbons (Fsp3) is 0.667. The van der Waals surface area contributed by atoms with Gasteiger partial charge < -0.3 is 66.1 Å². The van der Waals surface area contributed by atoms with Crippen molar-refractivity contribution >= 4 is 61.2 Å². The van der Waals surface area contributed by atoms with E-state index < -0.39 is 73.3 Å². The van der Waals surface area contributed by atoms with Gasteiger partial charge in [0.25, 0.3) is 0 Å². The van der Waals surface area contributed by atoms with Crippen molar-refractivity contribution in [1.29, 1.82) is 0 Å². The van der Waals surface area contributed by atoms with Crippen LogP contribution in [0.25, 0.3) is 0 Å². The number of carbonyl (C=O) groups is 4. The van der Waals surface area contributed by atoms with Gasteiger partial charge in [0.1, 0.15) is 48.6 Å². The van der Waals surface area contributed by atoms with Gasteiger partial charge in [-0.25, -0.2) is 0 Å². The van der Waals surface area contributed by atoms with Crippen LogP contribution in [-0.2, 0) is 19.2 Å². The van der Waals surface area contributed by atoms with Gasteiger partial charge in [0, 0.05) is 0 Å². The van der Waals surface area contributed by atoms with E-state index in [0.717, 1.165) is 0 Å². The second-order valence-corrected chi connectivity index (χ2v) is 4.67. The van der Waals surface area contributed by atoms with Crippen LogP contribution >= 0.6 is 0 Å². The van der Waals surface area contributed by atoms with Crippen molar-refractivity contribution in [3.63, 3.8) is 0 Å². The normalized spacial score (nSPS) is 16.3. The van der Waals surface area contributed by atoms with Crippen LogP contribution in [0.1, 0.15) is 0 Å². The number of aliphatic carboxylic acids is 2. The van der Waals surface area contributed by atoms with Crippen molar-refractivity contribution in [3.8, 4) is 0 Å². The van der Waals surface area contributed by atoms with Crippen LogP contribution in [0.2, 0.25) is 0 Å². The number of hydrogen-bond donors (Lipinski definition) is 8. The molecule has 0 fully saturated rings. The molecule has 0 spiro atoms. The maximum Gasteiger partial charge on any atom is 2.00 e. The van der Waals surface area contributed by atoms with Crippen LogP contribution in [-0.4, -0.2) is 157 Å². The van der Waals surface area contributed by atoms with Gasteiger partial charge in [-0.2, -0.15) is 0 Å². The molecule has 0 saturated carbocycles. The molecule has 0 bridgehead atoms. The molecule has 16 heteroatoms. The SMILES string of the molecule is O.O=C([O-])C(=O)[C@@H](O)[C@H](O)[C@H](O)CO.O=C([O-])C(=O)[C@@H](O)[C@H](O)[C@H](O)CO.[Ca+2]. The Balaban J connectivity index is -0.000000192. The Kier molecular flexibility index (Phi) is 21.1. The molecule has 0 amide bonds. The number of carboxylic acids is 2. The monoisotopic (exact) mass is 444 g/mol. The van der Waals surface area contributed by atoms with Crippen molar-refractivity contribution in [1.82, 2.24) is 0 Å². The summed E-state index contributed by atoms with van der Waals surface area (Å²) in [6.45, 7) is -1.81. The largest absolute Gasteiger partial charge is 2.00 e. The summed E-state index contributed by atoms with van der Waals surface area (Å²) in [7, 11) is 0. The molecular weight excluding hydrogens is 424 g/mol. The van der Waals surface area contributed by atoms with E-state index in [-0.39, 0.29) is 43.2 Å². The zero-order valence-electron chi connectivity index (χ0n) is 14.1. The smallest absolute Gasteiger partial charge is 0.542 e. The minimum atomic E-state index is -2.30. The number of aliphatic hydroxyl groups excluding tert-OH is 8. The Bertz CT molecular complexity index is 453. The Morgan fingerprint density at radius 3 is 1.00 bits per heavy atom. The maximum absolute atomic E-state index is 10.4. The average molecular weight is 444 g/mol. The van der Waals surface area contributed by atoms with Crippen molar-refractivity contribution in [3.05, 3.63) is 0 Å². The Hall–Kier alpha value is -0.820. The molecule has 0 rings (SSSR count). The van der Waals surface area contributed by atoms with E-state index in [4.69, 9.17) is 40.9 Å². The molecule has 0 aliphatic carbocycles. The van der Waals surface area contributed by atoms with Gasteiger partial charge in [-0.15, -0.1) is 0 Å². The molecule has 10 N–H and O–H groups in total. The van der Waals surface area contributed by atoms with Crippen molar-refractivity contribution in [2.45, 2.75) is 36.6 Å². The van der Waals surface area contributed by atoms with E-state index in [2.05, 4.69) is 0 Å². The first-order valence-electron chi connectivity index (χ1n) is 6.63. The first-order valence-corrected chi connectivity index (χ1v) is 6.63. The summed E-state index contributed by atoms with van der Waals surface area (Å²) in [6, 6.07) is 0. The topological polar surface area (TPSA) is 308 Å². The summed E-state index contributed by atoms with van der Waals surface area (Å²) in [5.74, 6) is -7.84. The summed E-state index contributed by atoms with van der Waals surface area (Å²) in [5.41, 5.74) is 0. The number of ketones is 2. The van der Waals surface area contributed by atoms with Crippen molar-refractivity contribution in [2.75, 3.05) is 13.2 Å². The Labute approximate surface area is 186 Å². The zero-order valence-corrected chi connectivity index (χ0v) is 16.3. The van der Waals surface area contributed by atoms with E-state index >= 15 is 0 Å². The third-order valence-corrected chi connectivity index (χ3v) is 2.75. The summed E-state index contributed by atoms with van der Waals surface area (Å²) >= 11 is 0. The minimum absolute atomic E-state index is 0. The molecule has 28 heavy (non-hydrogen) atoms. The van der Waals surface area contributed by atoms with E-state index in [0.29, 0.717) is 0 Å². The fourth-order valence-electron chi connectivity index (χ4n) is 1.19. The number of rotatable bonds is 10. The summed E-state index contributed by atoms with van der Waals surface area (Å²) < 4.78 is 0. The van der Waals surface area contributed by atoms with E-state index in [1.54, 1.807) is 0 Å². The summed E-state index contributed by atoms with van der Waals surface area (Å²) in [6.07, 6.45) is -12.2. The molecule has 0 aromatic heterocycles. The van der Waals surface area contributed by atoms with E-state index in [9.17, 15) is 29.4 Å². The number of carboxylic acid groups (broad SMARTS) is 2. The predicted octanol–water partition coefficient (Wildman–Crippen LogP) is -10.4. The predicted molar refractivity (Wildman–Crippen MR) is 79.6 cm³/mol. The third-order valence-electron chi connectivity index (χ3n) is 2.75. The second-order valence-electron chi connectivity index (χ2n) is 4.67. The van der Waals surface area contributed by atoms with Crippen LogP contribution in [0.5, 0.6) is 0 Å². The first-order chi connectivity index (χ1) is 11.8. The molecule has 0 radical (unpaired) electrons. The summed E-state index contributed by atoms with van der Waals surface area (Å²) in [5, 5.41) is 88.9. The number of Topliss-reactive ketones (excluding diaryl/α,β-unsaturated/α-hetero) is 2. The molecule has 6 atom stereocenters. The van der Waals surface area contributed by atoms with Gasteiger partial charge in [0.2, 0.25) is 11.6 Å². The van der Waals surface area contributed by atoms with Crippen LogP contribution in [0.4, 0.5) is 0 Å². The first kappa shape index (κ1) is 34.7. The van der Waals surface area contributed by atoms with Crippen molar-refractivity contribution < 1.29 is 75.7 Å².